The molecule has 2 aliphatic heterocycles. The number of thioether (sulfide) groups is 1. The number of anilines is 1. The standard InChI is InChI=1S/C15H14N6OS/c1-23-15-19-5-2-8(20-15)11-9-3-6-18-14(16)21(9)13-12(11)10(22)4-7-17-13/h2-7,9,11H,1H3,(H2,16,18)(H,17,22). The van der Waals surface area contributed by atoms with Gasteiger partial charge in [-0.2, -0.15) is 0 Å². The molecule has 0 spiro atoms. The van der Waals surface area contributed by atoms with Crippen molar-refractivity contribution in [2.75, 3.05) is 11.2 Å². The molecule has 2 aromatic heterocycles. The van der Waals surface area contributed by atoms with Crippen LogP contribution in [-0.4, -0.2) is 38.3 Å². The van der Waals surface area contributed by atoms with Gasteiger partial charge in [-0.15, -0.1) is 0 Å². The smallest absolute Gasteiger partial charge is 0.202 e. The molecule has 4 rings (SSSR count). The van der Waals surface area contributed by atoms with Crippen LogP contribution in [0.2, 0.25) is 0 Å². The molecule has 2 aliphatic rings. The maximum Gasteiger partial charge on any atom is 0.202 e. The summed E-state index contributed by atoms with van der Waals surface area (Å²) in [6, 6.07) is 3.32. The van der Waals surface area contributed by atoms with Crippen molar-refractivity contribution in [3.05, 3.63) is 48.1 Å². The molecular formula is C15H14N6OS. The summed E-state index contributed by atoms with van der Waals surface area (Å²) in [5.41, 5.74) is 7.58. The third-order valence-corrected chi connectivity index (χ3v) is 4.58. The van der Waals surface area contributed by atoms with Gasteiger partial charge in [0.1, 0.15) is 11.6 Å². The van der Waals surface area contributed by atoms with Gasteiger partial charge in [0, 0.05) is 24.2 Å². The van der Waals surface area contributed by atoms with E-state index in [1.54, 1.807) is 24.7 Å². The predicted octanol–water partition coefficient (Wildman–Crippen LogP) is 1.46. The number of nitrogens with two attached hydrogens (primary N) is 1. The Hall–Kier alpha value is -2.61. The van der Waals surface area contributed by atoms with Gasteiger partial charge in [-0.05, 0) is 24.5 Å². The third kappa shape index (κ3) is 2.06. The van der Waals surface area contributed by atoms with Crippen LogP contribution in [0.1, 0.15) is 17.2 Å². The van der Waals surface area contributed by atoms with Gasteiger partial charge in [0.25, 0.3) is 0 Å². The molecular weight excluding hydrogens is 312 g/mol. The fourth-order valence-electron chi connectivity index (χ4n) is 3.08. The first-order valence-corrected chi connectivity index (χ1v) is 8.27. The minimum absolute atomic E-state index is 0.118. The number of fused-ring (bicyclic) bond motifs is 3. The largest absolute Gasteiger partial charge is 0.507 e. The van der Waals surface area contributed by atoms with Crippen LogP contribution >= 0.6 is 11.8 Å². The number of hydrogen-bond acceptors (Lipinski definition) is 8. The van der Waals surface area contributed by atoms with Crippen LogP contribution in [0.25, 0.3) is 0 Å². The van der Waals surface area contributed by atoms with Gasteiger partial charge in [0.15, 0.2) is 5.16 Å². The van der Waals surface area contributed by atoms with Crippen LogP contribution in [0.4, 0.5) is 5.82 Å². The summed E-state index contributed by atoms with van der Waals surface area (Å²) in [6.07, 6.45) is 8.85. The van der Waals surface area contributed by atoms with Crippen LogP contribution in [0.5, 0.6) is 5.75 Å². The summed E-state index contributed by atoms with van der Waals surface area (Å²) >= 11 is 1.48. The van der Waals surface area contributed by atoms with Crippen molar-refractivity contribution in [2.45, 2.75) is 17.1 Å². The molecule has 2 atom stereocenters. The Morgan fingerprint density at radius 2 is 2.09 bits per heavy atom. The van der Waals surface area contributed by atoms with Crippen molar-refractivity contribution in [2.24, 2.45) is 10.7 Å². The zero-order valence-corrected chi connectivity index (χ0v) is 13.1. The summed E-state index contributed by atoms with van der Waals surface area (Å²) in [4.78, 5) is 19.2. The highest BCUT2D eigenvalue weighted by atomic mass is 32.2. The Balaban J connectivity index is 1.93. The molecule has 3 N–H and O–H groups in total. The molecule has 116 valence electrons. The Bertz CT molecular complexity index is 836. The molecule has 4 heterocycles. The minimum Gasteiger partial charge on any atom is -0.507 e. The first-order valence-electron chi connectivity index (χ1n) is 7.04. The molecule has 7 nitrogen and oxygen atoms in total. The molecule has 2 aromatic rings. The fraction of sp³-hybridized carbons (Fsp3) is 0.200. The highest BCUT2D eigenvalue weighted by Crippen LogP contribution is 2.48. The number of rotatable bonds is 2. The molecule has 0 aliphatic carbocycles. The van der Waals surface area contributed by atoms with Crippen LogP contribution in [0.3, 0.4) is 0 Å². The maximum absolute atomic E-state index is 10.4. The number of aliphatic imine (C=N–C) groups is 1. The zero-order chi connectivity index (χ0) is 16.0. The van der Waals surface area contributed by atoms with Gasteiger partial charge in [-0.3, -0.25) is 4.90 Å². The van der Waals surface area contributed by atoms with Gasteiger partial charge < -0.3 is 10.8 Å². The maximum atomic E-state index is 10.4. The average molecular weight is 326 g/mol. The molecule has 23 heavy (non-hydrogen) atoms. The Labute approximate surface area is 137 Å². The molecule has 0 radical (unpaired) electrons. The molecule has 0 aromatic carbocycles. The fourth-order valence-corrected chi connectivity index (χ4v) is 3.44. The number of guanidine groups is 1. The lowest BCUT2D eigenvalue weighted by molar-refractivity contribution is 0.465. The SMILES string of the molecule is CSc1nccc(C2c3c(O)ccnc3N3C(N)=NC=CC23)n1. The Morgan fingerprint density at radius 3 is 2.91 bits per heavy atom. The zero-order valence-electron chi connectivity index (χ0n) is 12.3. The Morgan fingerprint density at radius 1 is 1.26 bits per heavy atom. The van der Waals surface area contributed by atoms with Crippen molar-refractivity contribution in [3.63, 3.8) is 0 Å². The lowest BCUT2D eigenvalue weighted by Crippen LogP contribution is -2.44. The van der Waals surface area contributed by atoms with E-state index in [4.69, 9.17) is 5.73 Å². The normalized spacial score (nSPS) is 21.8. The van der Waals surface area contributed by atoms with E-state index in [2.05, 4.69) is 19.9 Å². The number of pyridine rings is 1. The van der Waals surface area contributed by atoms with Gasteiger partial charge in [-0.25, -0.2) is 19.9 Å². The van der Waals surface area contributed by atoms with Gasteiger partial charge in [0.05, 0.1) is 17.7 Å². The van der Waals surface area contributed by atoms with E-state index in [0.717, 1.165) is 5.69 Å². The summed E-state index contributed by atoms with van der Waals surface area (Å²) in [5, 5.41) is 11.1. The summed E-state index contributed by atoms with van der Waals surface area (Å²) in [6.45, 7) is 0. The van der Waals surface area contributed by atoms with E-state index >= 15 is 0 Å². The second-order valence-electron chi connectivity index (χ2n) is 5.20. The minimum atomic E-state index is -0.183. The van der Waals surface area contributed by atoms with E-state index in [1.165, 1.54) is 11.8 Å². The Kier molecular flexibility index (Phi) is 3.19. The summed E-state index contributed by atoms with van der Waals surface area (Å²) < 4.78 is 0. The van der Waals surface area contributed by atoms with Crippen LogP contribution in [0.15, 0.2) is 47.0 Å². The highest BCUT2D eigenvalue weighted by molar-refractivity contribution is 7.98. The van der Waals surface area contributed by atoms with Crippen molar-refractivity contribution in [3.8, 4) is 5.75 Å². The van der Waals surface area contributed by atoms with E-state index in [1.807, 2.05) is 23.3 Å². The number of aromatic nitrogens is 3. The lowest BCUT2D eigenvalue weighted by atomic mass is 9.91. The topological polar surface area (TPSA) is 101 Å². The molecule has 2 unspecified atom stereocenters. The predicted molar refractivity (Wildman–Crippen MR) is 88.6 cm³/mol. The van der Waals surface area contributed by atoms with E-state index in [0.29, 0.717) is 22.5 Å². The second kappa shape index (κ2) is 5.24. The monoisotopic (exact) mass is 326 g/mol. The van der Waals surface area contributed by atoms with Crippen molar-refractivity contribution in [1.29, 1.82) is 0 Å². The van der Waals surface area contributed by atoms with Crippen LogP contribution in [0, 0.1) is 0 Å². The molecule has 0 amide bonds. The van der Waals surface area contributed by atoms with Crippen LogP contribution in [-0.2, 0) is 0 Å². The molecule has 0 fully saturated rings. The van der Waals surface area contributed by atoms with E-state index in [-0.39, 0.29) is 17.7 Å². The van der Waals surface area contributed by atoms with Crippen LogP contribution < -0.4 is 10.6 Å². The lowest BCUT2D eigenvalue weighted by Gasteiger charge is -2.28. The molecule has 0 saturated heterocycles. The number of nitrogens with zero attached hydrogens (tertiary/aromatic N) is 5. The van der Waals surface area contributed by atoms with Crippen molar-refractivity contribution < 1.29 is 5.11 Å². The summed E-state index contributed by atoms with van der Waals surface area (Å²) in [7, 11) is 0. The molecule has 8 heteroatoms. The quantitative estimate of drug-likeness (QED) is 0.636. The van der Waals surface area contributed by atoms with E-state index in [9.17, 15) is 5.11 Å². The third-order valence-electron chi connectivity index (χ3n) is 4.02. The van der Waals surface area contributed by atoms with Gasteiger partial charge >= 0.3 is 0 Å². The second-order valence-corrected chi connectivity index (χ2v) is 5.98. The van der Waals surface area contributed by atoms with E-state index < -0.39 is 0 Å². The molecule has 0 bridgehead atoms. The summed E-state index contributed by atoms with van der Waals surface area (Å²) in [5.74, 6) is 0.978. The highest BCUT2D eigenvalue weighted by Gasteiger charge is 2.44. The first-order chi connectivity index (χ1) is 11.2. The number of hydrogen-bond donors (Lipinski definition) is 2. The van der Waals surface area contributed by atoms with Gasteiger partial charge in [-0.1, -0.05) is 11.8 Å². The first kappa shape index (κ1) is 14.0. The average Bonchev–Trinajstić information content (AvgIpc) is 2.92. The number of aromatic hydroxyl groups is 1. The van der Waals surface area contributed by atoms with Gasteiger partial charge in [0.2, 0.25) is 5.96 Å². The van der Waals surface area contributed by atoms with Crippen molar-refractivity contribution >= 4 is 23.5 Å². The molecule has 0 saturated carbocycles. The van der Waals surface area contributed by atoms with Crippen molar-refractivity contribution in [1.82, 2.24) is 15.0 Å².